The molecule has 0 atom stereocenters. The van der Waals surface area contributed by atoms with Crippen LogP contribution in [0.25, 0.3) is 0 Å². The molecular formula is C14H18FN3S. The molecule has 0 saturated carbocycles. The molecule has 0 spiro atoms. The number of anilines is 2. The van der Waals surface area contributed by atoms with Gasteiger partial charge in [0.25, 0.3) is 0 Å². The summed E-state index contributed by atoms with van der Waals surface area (Å²) in [6, 6.07) is 6.43. The number of aromatic nitrogens is 1. The number of benzene rings is 1. The van der Waals surface area contributed by atoms with Crippen LogP contribution in [0.4, 0.5) is 15.2 Å². The van der Waals surface area contributed by atoms with Gasteiger partial charge in [0.05, 0.1) is 5.69 Å². The van der Waals surface area contributed by atoms with Crippen molar-refractivity contribution in [3.8, 4) is 0 Å². The zero-order valence-electron chi connectivity index (χ0n) is 11.2. The summed E-state index contributed by atoms with van der Waals surface area (Å²) in [4.78, 5) is 6.53. The van der Waals surface area contributed by atoms with Crippen molar-refractivity contribution in [3.63, 3.8) is 0 Å². The van der Waals surface area contributed by atoms with Gasteiger partial charge >= 0.3 is 0 Å². The summed E-state index contributed by atoms with van der Waals surface area (Å²) in [6.45, 7) is 3.93. The Morgan fingerprint density at radius 2 is 2.05 bits per heavy atom. The van der Waals surface area contributed by atoms with Crippen LogP contribution in [0.3, 0.4) is 0 Å². The minimum absolute atomic E-state index is 0.222. The molecule has 0 fully saturated rings. The van der Waals surface area contributed by atoms with Crippen LogP contribution in [0.2, 0.25) is 0 Å². The van der Waals surface area contributed by atoms with Crippen LogP contribution in [0, 0.1) is 5.82 Å². The van der Waals surface area contributed by atoms with E-state index in [-0.39, 0.29) is 5.82 Å². The molecule has 0 aliphatic carbocycles. The normalized spacial score (nSPS) is 10.7. The quantitative estimate of drug-likeness (QED) is 0.820. The molecule has 19 heavy (non-hydrogen) atoms. The third kappa shape index (κ3) is 3.75. The summed E-state index contributed by atoms with van der Waals surface area (Å²) >= 11 is 1.60. The fourth-order valence-electron chi connectivity index (χ4n) is 1.70. The van der Waals surface area contributed by atoms with Gasteiger partial charge < -0.3 is 10.2 Å². The van der Waals surface area contributed by atoms with E-state index in [2.05, 4.69) is 22.6 Å². The van der Waals surface area contributed by atoms with Gasteiger partial charge in [0.1, 0.15) is 5.82 Å². The molecule has 102 valence electrons. The lowest BCUT2D eigenvalue weighted by molar-refractivity contribution is 0.628. The first-order valence-corrected chi connectivity index (χ1v) is 7.23. The van der Waals surface area contributed by atoms with Gasteiger partial charge in [0.2, 0.25) is 0 Å². The molecule has 1 aromatic heterocycles. The van der Waals surface area contributed by atoms with E-state index in [4.69, 9.17) is 0 Å². The Bertz CT molecular complexity index is 510. The molecule has 3 nitrogen and oxygen atoms in total. The van der Waals surface area contributed by atoms with E-state index in [1.807, 2.05) is 11.9 Å². The van der Waals surface area contributed by atoms with Crippen molar-refractivity contribution >= 4 is 22.2 Å². The molecule has 0 saturated heterocycles. The lowest BCUT2D eigenvalue weighted by atomic mass is 10.3. The van der Waals surface area contributed by atoms with Gasteiger partial charge in [-0.3, -0.25) is 0 Å². The first kappa shape index (κ1) is 14.0. The van der Waals surface area contributed by atoms with Crippen molar-refractivity contribution in [2.24, 2.45) is 0 Å². The maximum absolute atomic E-state index is 12.9. The van der Waals surface area contributed by atoms with Gasteiger partial charge in [0.15, 0.2) is 5.13 Å². The zero-order chi connectivity index (χ0) is 13.7. The third-order valence-corrected chi connectivity index (χ3v) is 3.74. The minimum Gasteiger partial charge on any atom is -0.321 e. The van der Waals surface area contributed by atoms with Gasteiger partial charge in [-0.25, -0.2) is 9.37 Å². The Morgan fingerprint density at radius 1 is 1.32 bits per heavy atom. The summed E-state index contributed by atoms with van der Waals surface area (Å²) in [6.07, 6.45) is 1.12. The molecular weight excluding hydrogens is 261 g/mol. The predicted octanol–water partition coefficient (Wildman–Crippen LogP) is 3.55. The first-order chi connectivity index (χ1) is 9.20. The summed E-state index contributed by atoms with van der Waals surface area (Å²) in [5.74, 6) is -0.222. The number of rotatable bonds is 6. The monoisotopic (exact) mass is 279 g/mol. The van der Waals surface area contributed by atoms with Crippen molar-refractivity contribution in [1.29, 1.82) is 0 Å². The van der Waals surface area contributed by atoms with Crippen LogP contribution >= 0.6 is 11.3 Å². The molecule has 1 aromatic carbocycles. The Kier molecular flexibility index (Phi) is 4.87. The van der Waals surface area contributed by atoms with E-state index in [0.29, 0.717) is 0 Å². The number of nitrogens with zero attached hydrogens (tertiary/aromatic N) is 2. The lowest BCUT2D eigenvalue weighted by Gasteiger charge is -2.15. The Morgan fingerprint density at radius 3 is 2.74 bits per heavy atom. The highest BCUT2D eigenvalue weighted by Crippen LogP contribution is 2.26. The summed E-state index contributed by atoms with van der Waals surface area (Å²) in [5, 5.41) is 6.30. The Balaban J connectivity index is 2.03. The number of thiazole rings is 1. The molecule has 0 radical (unpaired) electrons. The predicted molar refractivity (Wildman–Crippen MR) is 78.6 cm³/mol. The van der Waals surface area contributed by atoms with Crippen LogP contribution in [0.15, 0.2) is 29.6 Å². The van der Waals surface area contributed by atoms with Crippen LogP contribution in [0.5, 0.6) is 0 Å². The molecule has 1 heterocycles. The van der Waals surface area contributed by atoms with E-state index >= 15 is 0 Å². The minimum atomic E-state index is -0.222. The first-order valence-electron chi connectivity index (χ1n) is 6.35. The molecule has 2 aromatic rings. The molecule has 0 aliphatic heterocycles. The standard InChI is InChI=1S/C14H18FN3S/c1-3-8-16-9-12-10-19-14(17-12)18(2)13-6-4-11(15)5-7-13/h4-7,10,16H,3,8-9H2,1-2H3. The van der Waals surface area contributed by atoms with Crippen molar-refractivity contribution in [3.05, 3.63) is 41.2 Å². The average molecular weight is 279 g/mol. The van der Waals surface area contributed by atoms with E-state index in [9.17, 15) is 4.39 Å². The second-order valence-electron chi connectivity index (χ2n) is 4.33. The maximum atomic E-state index is 12.9. The van der Waals surface area contributed by atoms with Gasteiger partial charge in [-0.15, -0.1) is 11.3 Å². The summed E-state index contributed by atoms with van der Waals surface area (Å²) in [5.41, 5.74) is 1.98. The fourth-order valence-corrected chi connectivity index (χ4v) is 2.51. The number of nitrogens with one attached hydrogen (secondary N) is 1. The number of hydrogen-bond acceptors (Lipinski definition) is 4. The zero-order valence-corrected chi connectivity index (χ0v) is 12.0. The molecule has 0 amide bonds. The van der Waals surface area contributed by atoms with Gasteiger partial charge in [-0.2, -0.15) is 0 Å². The molecule has 1 N–H and O–H groups in total. The van der Waals surface area contributed by atoms with E-state index in [1.165, 1.54) is 12.1 Å². The Hall–Kier alpha value is -1.46. The number of halogens is 1. The van der Waals surface area contributed by atoms with Crippen molar-refractivity contribution in [2.45, 2.75) is 19.9 Å². The second kappa shape index (κ2) is 6.63. The lowest BCUT2D eigenvalue weighted by Crippen LogP contribution is -2.14. The number of hydrogen-bond donors (Lipinski definition) is 1. The highest BCUT2D eigenvalue weighted by Gasteiger charge is 2.08. The van der Waals surface area contributed by atoms with E-state index < -0.39 is 0 Å². The molecule has 0 bridgehead atoms. The van der Waals surface area contributed by atoms with Crippen molar-refractivity contribution in [1.82, 2.24) is 10.3 Å². The smallest absolute Gasteiger partial charge is 0.189 e. The van der Waals surface area contributed by atoms with Gasteiger partial charge in [0, 0.05) is 24.7 Å². The van der Waals surface area contributed by atoms with E-state index in [1.54, 1.807) is 23.5 Å². The summed E-state index contributed by atoms with van der Waals surface area (Å²) in [7, 11) is 1.94. The maximum Gasteiger partial charge on any atom is 0.189 e. The van der Waals surface area contributed by atoms with Crippen molar-refractivity contribution < 1.29 is 4.39 Å². The highest BCUT2D eigenvalue weighted by atomic mass is 32.1. The third-order valence-electron chi connectivity index (χ3n) is 2.77. The molecule has 2 rings (SSSR count). The average Bonchev–Trinajstić information content (AvgIpc) is 2.88. The van der Waals surface area contributed by atoms with E-state index in [0.717, 1.165) is 36.0 Å². The van der Waals surface area contributed by atoms with Crippen molar-refractivity contribution in [2.75, 3.05) is 18.5 Å². The second-order valence-corrected chi connectivity index (χ2v) is 5.17. The van der Waals surface area contributed by atoms with Gasteiger partial charge in [-0.1, -0.05) is 6.92 Å². The van der Waals surface area contributed by atoms with Crippen LogP contribution < -0.4 is 10.2 Å². The topological polar surface area (TPSA) is 28.2 Å². The summed E-state index contributed by atoms with van der Waals surface area (Å²) < 4.78 is 12.9. The fraction of sp³-hybridized carbons (Fsp3) is 0.357. The van der Waals surface area contributed by atoms with Crippen LogP contribution in [0.1, 0.15) is 19.0 Å². The highest BCUT2D eigenvalue weighted by molar-refractivity contribution is 7.13. The largest absolute Gasteiger partial charge is 0.321 e. The molecule has 0 aliphatic rings. The molecule has 5 heteroatoms. The Labute approximate surface area is 117 Å². The molecule has 0 unspecified atom stereocenters. The van der Waals surface area contributed by atoms with Crippen LogP contribution in [-0.2, 0) is 6.54 Å². The SMILES string of the molecule is CCCNCc1csc(N(C)c2ccc(F)cc2)n1. The van der Waals surface area contributed by atoms with Crippen LogP contribution in [-0.4, -0.2) is 18.6 Å². The van der Waals surface area contributed by atoms with Gasteiger partial charge in [-0.05, 0) is 37.2 Å².